The Morgan fingerprint density at radius 1 is 0.714 bits per heavy atom. The number of aryl methyl sites for hydroxylation is 2. The lowest BCUT2D eigenvalue weighted by molar-refractivity contribution is 0.619. The third-order valence-electron chi connectivity index (χ3n) is 6.25. The summed E-state index contributed by atoms with van der Waals surface area (Å²) in [6.07, 6.45) is 9.01. The lowest BCUT2D eigenvalue weighted by Crippen LogP contribution is -2.47. The van der Waals surface area contributed by atoms with Gasteiger partial charge in [0.15, 0.2) is 0 Å². The van der Waals surface area contributed by atoms with Crippen LogP contribution in [-0.2, 0) is 12.8 Å². The monoisotopic (exact) mass is 379 g/mol. The molecule has 0 bridgehead atoms. The van der Waals surface area contributed by atoms with Gasteiger partial charge in [0.2, 0.25) is 0 Å². The number of hydrogen-bond donors (Lipinski definition) is 0. The number of aromatic nitrogens is 4. The number of fused-ring (bicyclic) bond motifs is 1. The van der Waals surface area contributed by atoms with Crippen molar-refractivity contribution in [3.8, 4) is 0 Å². The predicted octanol–water partition coefficient (Wildman–Crippen LogP) is 2.38. The Morgan fingerprint density at radius 3 is 2.11 bits per heavy atom. The highest BCUT2D eigenvalue weighted by Gasteiger charge is 2.25. The van der Waals surface area contributed by atoms with Crippen LogP contribution in [-0.4, -0.2) is 59.2 Å². The molecular weight excluding hydrogens is 350 g/mol. The first kappa shape index (κ1) is 17.6. The summed E-state index contributed by atoms with van der Waals surface area (Å²) in [5, 5.41) is 0. The van der Waals surface area contributed by atoms with E-state index in [9.17, 15) is 0 Å². The Labute approximate surface area is 166 Å². The first-order valence-corrected chi connectivity index (χ1v) is 10.7. The average molecular weight is 380 g/mol. The zero-order chi connectivity index (χ0) is 18.9. The van der Waals surface area contributed by atoms with E-state index in [0.29, 0.717) is 0 Å². The maximum Gasteiger partial charge on any atom is 0.135 e. The molecule has 0 saturated carbocycles. The van der Waals surface area contributed by atoms with Gasteiger partial charge in [-0.25, -0.2) is 19.9 Å². The van der Waals surface area contributed by atoms with Crippen molar-refractivity contribution in [3.05, 3.63) is 29.5 Å². The van der Waals surface area contributed by atoms with E-state index >= 15 is 0 Å². The van der Waals surface area contributed by atoms with Crippen LogP contribution in [0.3, 0.4) is 0 Å². The van der Waals surface area contributed by atoms with Crippen LogP contribution in [0, 0.1) is 6.92 Å². The van der Waals surface area contributed by atoms with Gasteiger partial charge in [0.25, 0.3) is 0 Å². The van der Waals surface area contributed by atoms with Crippen LogP contribution in [0.25, 0.3) is 0 Å². The summed E-state index contributed by atoms with van der Waals surface area (Å²) in [6.45, 7) is 8.12. The lowest BCUT2D eigenvalue weighted by atomic mass is 9.96. The molecule has 4 heterocycles. The number of rotatable bonds is 3. The SMILES string of the molecule is Cc1nc(N2CCCC2)cc(N2CCN(c3ncnc4c3CCCC4)CC2)n1. The van der Waals surface area contributed by atoms with Gasteiger partial charge in [0, 0.05) is 56.6 Å². The van der Waals surface area contributed by atoms with Crippen molar-refractivity contribution in [2.45, 2.75) is 45.4 Å². The topological polar surface area (TPSA) is 61.3 Å². The van der Waals surface area contributed by atoms with Gasteiger partial charge < -0.3 is 14.7 Å². The Balaban J connectivity index is 1.31. The molecule has 5 rings (SSSR count). The molecule has 2 aromatic rings. The molecule has 7 nitrogen and oxygen atoms in total. The summed E-state index contributed by atoms with van der Waals surface area (Å²) in [6, 6.07) is 2.18. The van der Waals surface area contributed by atoms with E-state index in [1.165, 1.54) is 42.8 Å². The fraction of sp³-hybridized carbons (Fsp3) is 0.619. The molecule has 28 heavy (non-hydrogen) atoms. The Bertz CT molecular complexity index is 839. The minimum Gasteiger partial charge on any atom is -0.356 e. The van der Waals surface area contributed by atoms with E-state index in [1.54, 1.807) is 6.33 Å². The first-order chi connectivity index (χ1) is 13.8. The second kappa shape index (κ2) is 7.53. The zero-order valence-corrected chi connectivity index (χ0v) is 16.8. The Morgan fingerprint density at radius 2 is 1.36 bits per heavy atom. The Kier molecular flexibility index (Phi) is 4.74. The van der Waals surface area contributed by atoms with Crippen LogP contribution in [0.5, 0.6) is 0 Å². The van der Waals surface area contributed by atoms with Crippen LogP contribution in [0.4, 0.5) is 17.5 Å². The first-order valence-electron chi connectivity index (χ1n) is 10.7. The van der Waals surface area contributed by atoms with Crippen LogP contribution in [0.15, 0.2) is 12.4 Å². The maximum atomic E-state index is 4.74. The Hall–Kier alpha value is -2.44. The summed E-state index contributed by atoms with van der Waals surface area (Å²) >= 11 is 0. The van der Waals surface area contributed by atoms with Crippen molar-refractivity contribution >= 4 is 17.5 Å². The van der Waals surface area contributed by atoms with E-state index in [2.05, 4.69) is 35.7 Å². The van der Waals surface area contributed by atoms with Crippen molar-refractivity contribution in [2.75, 3.05) is 54.0 Å². The molecule has 0 aromatic carbocycles. The molecule has 3 aliphatic rings. The molecule has 0 unspecified atom stereocenters. The smallest absolute Gasteiger partial charge is 0.135 e. The fourth-order valence-corrected chi connectivity index (χ4v) is 4.73. The molecule has 2 aliphatic heterocycles. The molecule has 2 fully saturated rings. The van der Waals surface area contributed by atoms with Gasteiger partial charge in [-0.1, -0.05) is 0 Å². The lowest BCUT2D eigenvalue weighted by Gasteiger charge is -2.37. The summed E-state index contributed by atoms with van der Waals surface area (Å²) < 4.78 is 0. The fourth-order valence-electron chi connectivity index (χ4n) is 4.73. The van der Waals surface area contributed by atoms with Gasteiger partial charge in [0.1, 0.15) is 29.6 Å². The van der Waals surface area contributed by atoms with Crippen LogP contribution in [0.1, 0.15) is 42.8 Å². The van der Waals surface area contributed by atoms with E-state index in [-0.39, 0.29) is 0 Å². The number of nitrogens with zero attached hydrogens (tertiary/aromatic N) is 7. The van der Waals surface area contributed by atoms with E-state index in [4.69, 9.17) is 4.98 Å². The normalized spacial score (nSPS) is 19.8. The van der Waals surface area contributed by atoms with Crippen molar-refractivity contribution in [1.29, 1.82) is 0 Å². The standard InChI is InChI=1S/C21H29N7/c1-16-24-19(26-8-4-5-9-26)14-20(25-16)27-10-12-28(13-11-27)21-17-6-2-3-7-18(17)22-15-23-21/h14-15H,2-13H2,1H3. The van der Waals surface area contributed by atoms with Crippen LogP contribution < -0.4 is 14.7 Å². The quantitative estimate of drug-likeness (QED) is 0.811. The zero-order valence-electron chi connectivity index (χ0n) is 16.8. The minimum atomic E-state index is 0.867. The highest BCUT2D eigenvalue weighted by Crippen LogP contribution is 2.29. The molecule has 7 heteroatoms. The third kappa shape index (κ3) is 3.38. The number of piperazine rings is 1. The van der Waals surface area contributed by atoms with Crippen molar-refractivity contribution in [3.63, 3.8) is 0 Å². The largest absolute Gasteiger partial charge is 0.356 e. The predicted molar refractivity (Wildman–Crippen MR) is 111 cm³/mol. The molecule has 0 atom stereocenters. The van der Waals surface area contributed by atoms with Gasteiger partial charge in [-0.05, 0) is 45.4 Å². The average Bonchev–Trinajstić information content (AvgIpc) is 3.28. The van der Waals surface area contributed by atoms with Crippen molar-refractivity contribution in [1.82, 2.24) is 19.9 Å². The molecule has 2 aromatic heterocycles. The number of hydrogen-bond acceptors (Lipinski definition) is 7. The van der Waals surface area contributed by atoms with Crippen LogP contribution >= 0.6 is 0 Å². The summed E-state index contributed by atoms with van der Waals surface area (Å²) in [4.78, 5) is 25.8. The minimum absolute atomic E-state index is 0.867. The third-order valence-corrected chi connectivity index (χ3v) is 6.25. The van der Waals surface area contributed by atoms with Gasteiger partial charge in [-0.3, -0.25) is 0 Å². The van der Waals surface area contributed by atoms with Crippen LogP contribution in [0.2, 0.25) is 0 Å². The van der Waals surface area contributed by atoms with E-state index in [0.717, 1.165) is 69.6 Å². The van der Waals surface area contributed by atoms with Crippen molar-refractivity contribution < 1.29 is 0 Å². The van der Waals surface area contributed by atoms with Gasteiger partial charge in [-0.2, -0.15) is 0 Å². The van der Waals surface area contributed by atoms with Crippen molar-refractivity contribution in [2.24, 2.45) is 0 Å². The molecule has 2 saturated heterocycles. The molecule has 148 valence electrons. The van der Waals surface area contributed by atoms with Gasteiger partial charge >= 0.3 is 0 Å². The molecular formula is C21H29N7. The molecule has 0 N–H and O–H groups in total. The second-order valence-electron chi connectivity index (χ2n) is 8.13. The summed E-state index contributed by atoms with van der Waals surface area (Å²) in [5.41, 5.74) is 2.65. The summed E-state index contributed by atoms with van der Waals surface area (Å²) in [5.74, 6) is 4.19. The van der Waals surface area contributed by atoms with E-state index < -0.39 is 0 Å². The number of anilines is 3. The van der Waals surface area contributed by atoms with Gasteiger partial charge in [-0.15, -0.1) is 0 Å². The maximum absolute atomic E-state index is 4.74. The molecule has 1 aliphatic carbocycles. The molecule has 0 amide bonds. The highest BCUT2D eigenvalue weighted by molar-refractivity contribution is 5.54. The van der Waals surface area contributed by atoms with Gasteiger partial charge in [0.05, 0.1) is 0 Å². The molecule has 0 radical (unpaired) electrons. The van der Waals surface area contributed by atoms with E-state index in [1.807, 2.05) is 6.92 Å². The molecule has 0 spiro atoms. The second-order valence-corrected chi connectivity index (χ2v) is 8.13. The highest BCUT2D eigenvalue weighted by atomic mass is 15.3. The summed E-state index contributed by atoms with van der Waals surface area (Å²) in [7, 11) is 0.